The molecule has 3 N–H and O–H groups in total. The number of hydrogen-bond acceptors (Lipinski definition) is 5. The molecule has 0 saturated carbocycles. The van der Waals surface area contributed by atoms with E-state index in [2.05, 4.69) is 104 Å². The van der Waals surface area contributed by atoms with Gasteiger partial charge in [-0.1, -0.05) is 189 Å². The molecule has 0 aliphatic rings. The van der Waals surface area contributed by atoms with Gasteiger partial charge in [0, 0.05) is 6.42 Å². The molecule has 60 heavy (non-hydrogen) atoms. The zero-order valence-corrected chi connectivity index (χ0v) is 40.1. The lowest BCUT2D eigenvalue weighted by molar-refractivity contribution is -0.870. The standard InChI is InChI=1S/C51H91N2O6P/c1-6-8-10-12-13-14-15-16-17-18-19-20-21-22-23-24-25-26-27-28-29-30-31-32-33-34-35-36-37-38-39-41-43-45-51(55)52-49(50(54)44-42-40-11-9-7-2)48-59-60(56,57)58-47-46-53(3,4)5/h8,10,13-14,16-17,19-20,22-23,25-26,28-29,49-50,54H,6-7,9,11-12,15,18,21,24,27,30-48H2,1-5H3,(H-,52,55,56,57)/p+1/b10-8-,14-13-,17-16-,20-19-,23-22-,26-25-,29-28-. The number of aliphatic hydroxyl groups is 1. The molecule has 0 radical (unpaired) electrons. The lowest BCUT2D eigenvalue weighted by Gasteiger charge is -2.26. The van der Waals surface area contributed by atoms with E-state index >= 15 is 0 Å². The first-order valence-electron chi connectivity index (χ1n) is 24.0. The SMILES string of the molecule is CC/C=C\C/C=C\C/C=C\C/C=C\C/C=C\C/C=C\C/C=C\CCCCCCCCCCCCCC(=O)NC(COP(=O)(O)OCC[N+](C)(C)C)C(O)CCCCCCC. The normalized spacial score (nSPS) is 15.0. The molecule has 0 bridgehead atoms. The number of quaternary nitrogens is 1. The van der Waals surface area contributed by atoms with Gasteiger partial charge in [0.05, 0.1) is 39.9 Å². The fourth-order valence-electron chi connectivity index (χ4n) is 6.38. The Morgan fingerprint density at radius 3 is 1.47 bits per heavy atom. The van der Waals surface area contributed by atoms with Crippen molar-refractivity contribution in [3.05, 3.63) is 85.1 Å². The lowest BCUT2D eigenvalue weighted by atomic mass is 10.0. The summed E-state index contributed by atoms with van der Waals surface area (Å²) in [4.78, 5) is 23.0. The Morgan fingerprint density at radius 1 is 0.583 bits per heavy atom. The number of likely N-dealkylation sites (N-methyl/N-ethyl adjacent to an activating group) is 1. The van der Waals surface area contributed by atoms with Gasteiger partial charge in [0.25, 0.3) is 0 Å². The van der Waals surface area contributed by atoms with Crippen LogP contribution in [0, 0.1) is 0 Å². The topological polar surface area (TPSA) is 105 Å². The molecule has 0 heterocycles. The predicted molar refractivity (Wildman–Crippen MR) is 258 cm³/mol. The van der Waals surface area contributed by atoms with Crippen molar-refractivity contribution in [1.82, 2.24) is 5.32 Å². The fraction of sp³-hybridized carbons (Fsp3) is 0.706. The van der Waals surface area contributed by atoms with Crippen molar-refractivity contribution >= 4 is 13.7 Å². The molecule has 0 fully saturated rings. The molecule has 0 aliphatic heterocycles. The Morgan fingerprint density at radius 2 is 1.00 bits per heavy atom. The van der Waals surface area contributed by atoms with Gasteiger partial charge >= 0.3 is 7.82 Å². The van der Waals surface area contributed by atoms with E-state index in [1.165, 1.54) is 57.8 Å². The second-order valence-corrected chi connectivity index (χ2v) is 18.6. The molecule has 0 aromatic carbocycles. The molecule has 3 unspecified atom stereocenters. The summed E-state index contributed by atoms with van der Waals surface area (Å²) in [7, 11) is 1.60. The Bertz CT molecular complexity index is 1250. The molecule has 0 saturated heterocycles. The summed E-state index contributed by atoms with van der Waals surface area (Å²) in [5, 5.41) is 13.7. The Balaban J connectivity index is 3.94. The Labute approximate surface area is 369 Å². The van der Waals surface area contributed by atoms with E-state index in [1.54, 1.807) is 0 Å². The number of hydrogen-bond donors (Lipinski definition) is 3. The number of aliphatic hydroxyl groups excluding tert-OH is 1. The number of phosphoric acid groups is 1. The van der Waals surface area contributed by atoms with Crippen LogP contribution in [0.3, 0.4) is 0 Å². The average Bonchev–Trinajstić information content (AvgIpc) is 3.20. The molecule has 8 nitrogen and oxygen atoms in total. The zero-order valence-electron chi connectivity index (χ0n) is 39.2. The smallest absolute Gasteiger partial charge is 0.391 e. The average molecular weight is 860 g/mol. The van der Waals surface area contributed by atoms with Gasteiger partial charge in [-0.2, -0.15) is 0 Å². The highest BCUT2D eigenvalue weighted by Gasteiger charge is 2.28. The number of unbranched alkanes of at least 4 members (excludes halogenated alkanes) is 15. The molecule has 0 spiro atoms. The Kier molecular flexibility index (Phi) is 40.4. The first kappa shape index (κ1) is 57.7. The van der Waals surface area contributed by atoms with Crippen LogP contribution in [0.2, 0.25) is 0 Å². The van der Waals surface area contributed by atoms with Crippen molar-refractivity contribution in [2.24, 2.45) is 0 Å². The van der Waals surface area contributed by atoms with Crippen molar-refractivity contribution in [1.29, 1.82) is 0 Å². The highest BCUT2D eigenvalue weighted by atomic mass is 31.2. The number of nitrogens with one attached hydrogen (secondary N) is 1. The van der Waals surface area contributed by atoms with Crippen molar-refractivity contribution in [2.75, 3.05) is 40.9 Å². The fourth-order valence-corrected chi connectivity index (χ4v) is 7.11. The lowest BCUT2D eigenvalue weighted by Crippen LogP contribution is -2.46. The Hall–Kier alpha value is -2.32. The van der Waals surface area contributed by atoms with Crippen LogP contribution in [0.5, 0.6) is 0 Å². The summed E-state index contributed by atoms with van der Waals surface area (Å²) >= 11 is 0. The van der Waals surface area contributed by atoms with E-state index in [9.17, 15) is 19.4 Å². The van der Waals surface area contributed by atoms with Gasteiger partial charge in [0.15, 0.2) is 0 Å². The van der Waals surface area contributed by atoms with Crippen LogP contribution in [0.4, 0.5) is 0 Å². The molecule has 3 atom stereocenters. The van der Waals surface area contributed by atoms with Gasteiger partial charge in [-0.05, 0) is 70.6 Å². The summed E-state index contributed by atoms with van der Waals surface area (Å²) in [6, 6.07) is -0.762. The molecule has 0 aromatic rings. The van der Waals surface area contributed by atoms with E-state index in [0.717, 1.165) is 96.3 Å². The third-order valence-electron chi connectivity index (χ3n) is 10.2. The van der Waals surface area contributed by atoms with E-state index < -0.39 is 20.0 Å². The monoisotopic (exact) mass is 860 g/mol. The van der Waals surface area contributed by atoms with Gasteiger partial charge in [-0.3, -0.25) is 13.8 Å². The summed E-state index contributed by atoms with van der Waals surface area (Å²) < 4.78 is 23.4. The van der Waals surface area contributed by atoms with Crippen molar-refractivity contribution < 1.29 is 32.9 Å². The maximum Gasteiger partial charge on any atom is 0.472 e. The van der Waals surface area contributed by atoms with Crippen LogP contribution >= 0.6 is 7.82 Å². The first-order chi connectivity index (χ1) is 29.0. The molecule has 346 valence electrons. The van der Waals surface area contributed by atoms with Gasteiger partial charge in [-0.15, -0.1) is 0 Å². The van der Waals surface area contributed by atoms with Crippen molar-refractivity contribution in [3.8, 4) is 0 Å². The van der Waals surface area contributed by atoms with E-state index in [1.807, 2.05) is 21.1 Å². The van der Waals surface area contributed by atoms with Crippen LogP contribution < -0.4 is 5.32 Å². The molecular formula is C51H92N2O6P+. The summed E-state index contributed by atoms with van der Waals surface area (Å²) in [6.45, 7) is 4.66. The summed E-state index contributed by atoms with van der Waals surface area (Å²) in [6.07, 6.45) is 58.2. The molecule has 0 aromatic heterocycles. The number of allylic oxidation sites excluding steroid dienone is 14. The van der Waals surface area contributed by atoms with E-state index in [0.29, 0.717) is 23.9 Å². The van der Waals surface area contributed by atoms with E-state index in [-0.39, 0.29) is 19.1 Å². The number of carbonyl (C=O) groups excluding carboxylic acids is 1. The molecule has 0 aliphatic carbocycles. The molecular weight excluding hydrogens is 768 g/mol. The van der Waals surface area contributed by atoms with Crippen LogP contribution in [0.25, 0.3) is 0 Å². The first-order valence-corrected chi connectivity index (χ1v) is 25.4. The largest absolute Gasteiger partial charge is 0.472 e. The minimum Gasteiger partial charge on any atom is -0.391 e. The van der Waals surface area contributed by atoms with Crippen LogP contribution in [-0.2, 0) is 18.4 Å². The second-order valence-electron chi connectivity index (χ2n) is 17.1. The van der Waals surface area contributed by atoms with Crippen molar-refractivity contribution in [2.45, 2.75) is 193 Å². The molecule has 1 amide bonds. The van der Waals surface area contributed by atoms with Gasteiger partial charge in [0.2, 0.25) is 5.91 Å². The predicted octanol–water partition coefficient (Wildman–Crippen LogP) is 13.7. The van der Waals surface area contributed by atoms with Crippen LogP contribution in [0.1, 0.15) is 181 Å². The maximum atomic E-state index is 12.8. The third-order valence-corrected chi connectivity index (χ3v) is 11.1. The maximum absolute atomic E-state index is 12.8. The summed E-state index contributed by atoms with van der Waals surface area (Å²) in [5.41, 5.74) is 0. The molecule has 0 rings (SSSR count). The highest BCUT2D eigenvalue weighted by Crippen LogP contribution is 2.43. The van der Waals surface area contributed by atoms with Crippen LogP contribution in [-0.4, -0.2) is 73.4 Å². The number of amides is 1. The summed E-state index contributed by atoms with van der Waals surface area (Å²) in [5.74, 6) is -0.160. The number of carbonyl (C=O) groups is 1. The van der Waals surface area contributed by atoms with Gasteiger partial charge < -0.3 is 19.8 Å². The second kappa shape index (κ2) is 42.0. The minimum atomic E-state index is -4.30. The number of phosphoric ester groups is 1. The molecule has 9 heteroatoms. The quantitative estimate of drug-likeness (QED) is 0.0244. The number of nitrogens with zero attached hydrogens (tertiary/aromatic N) is 1. The third kappa shape index (κ3) is 43.8. The van der Waals surface area contributed by atoms with E-state index in [4.69, 9.17) is 9.05 Å². The minimum absolute atomic E-state index is 0.0695. The van der Waals surface area contributed by atoms with Crippen LogP contribution in [0.15, 0.2) is 85.1 Å². The zero-order chi connectivity index (χ0) is 44.3. The van der Waals surface area contributed by atoms with Gasteiger partial charge in [0.1, 0.15) is 13.2 Å². The van der Waals surface area contributed by atoms with Gasteiger partial charge in [-0.25, -0.2) is 4.57 Å². The van der Waals surface area contributed by atoms with Crippen molar-refractivity contribution in [3.63, 3.8) is 0 Å². The highest BCUT2D eigenvalue weighted by molar-refractivity contribution is 7.47. The number of rotatable bonds is 42.